The predicted molar refractivity (Wildman–Crippen MR) is 631 cm³/mol. The second-order valence-corrected chi connectivity index (χ2v) is 53.5. The fraction of sp³-hybridized carbons (Fsp3) is 0.317. The minimum absolute atomic E-state index is 0.0913. The Kier molecular flexibility index (Phi) is 36.9. The molecule has 0 radical (unpaired) electrons. The number of quaternary nitrogens is 6. The van der Waals surface area contributed by atoms with Gasteiger partial charge in [0.05, 0.1) is 134 Å². The van der Waals surface area contributed by atoms with Gasteiger partial charge in [-0.25, -0.2) is 8.42 Å². The molecular weight excluding hydrogens is 2330 g/mol. The SMILES string of the molecule is Brc1ccc2c(c1)CSCc1cc(Br)ccc1-2.CC1(C)Oc2cc(Br)ccc2-c2ccc(Br)cc2O1.CC[N+]1(CC)Cc2cc(Br)ccc2-c2ccc(Br)cc2C1.C[N+](C)(C)CCC[N+]1(C)Cc2ccccc2-c2ccccc2C1.C[N+](C)(C)CCC[N+]1(CCC[N+](C)(C)C)Cc2ccccc2-c2ccccc2C1.O=S1(=O)Cc2cc(Br)ccc2-c2ccc(Br)cc2C1.c1ccc2c(c1)CCCc1ccccc1-2. The molecule has 6 aliphatic heterocycles. The van der Waals surface area contributed by atoms with Crippen LogP contribution in [0.15, 0.2) is 327 Å². The molecular formula is C123H138Br8N6O4S2+6. The van der Waals surface area contributed by atoms with E-state index in [1.165, 1.54) is 202 Å². The van der Waals surface area contributed by atoms with Gasteiger partial charge in [-0.05, 0) is 242 Å². The molecule has 10 nitrogen and oxygen atoms in total. The van der Waals surface area contributed by atoms with Gasteiger partial charge in [-0.2, -0.15) is 11.8 Å². The quantitative estimate of drug-likeness (QED) is 0.102. The fourth-order valence-corrected chi connectivity index (χ4v) is 26.9. The Morgan fingerprint density at radius 2 is 0.538 bits per heavy atom. The highest BCUT2D eigenvalue weighted by Crippen LogP contribution is 2.48. The van der Waals surface area contributed by atoms with E-state index >= 15 is 0 Å². The molecule has 0 atom stereocenters. The summed E-state index contributed by atoms with van der Waals surface area (Å²) >= 11 is 30.1. The van der Waals surface area contributed by atoms with Crippen LogP contribution >= 0.6 is 139 Å². The van der Waals surface area contributed by atoms with Crippen molar-refractivity contribution in [3.05, 3.63) is 394 Å². The number of fused-ring (bicyclic) bond motifs is 21. The molecule has 0 amide bonds. The molecule has 0 fully saturated rings. The summed E-state index contributed by atoms with van der Waals surface area (Å²) in [4.78, 5) is 0. The second kappa shape index (κ2) is 48.0. The third-order valence-electron chi connectivity index (χ3n) is 28.2. The minimum atomic E-state index is -3.12. The van der Waals surface area contributed by atoms with E-state index in [1.54, 1.807) is 0 Å². The molecule has 14 aromatic rings. The molecule has 0 bridgehead atoms. The van der Waals surface area contributed by atoms with Crippen LogP contribution in [0.5, 0.6) is 11.5 Å². The van der Waals surface area contributed by atoms with Gasteiger partial charge in [-0.15, -0.1) is 0 Å². The first-order chi connectivity index (χ1) is 68.1. The van der Waals surface area contributed by atoms with Crippen molar-refractivity contribution >= 4 is 149 Å². The molecule has 6 heterocycles. The number of hydrogen-bond donors (Lipinski definition) is 0. The monoisotopic (exact) mass is 2460 g/mol. The van der Waals surface area contributed by atoms with E-state index in [0.717, 1.165) is 158 Å². The molecule has 0 saturated heterocycles. The van der Waals surface area contributed by atoms with Gasteiger partial charge < -0.3 is 36.4 Å². The summed E-state index contributed by atoms with van der Waals surface area (Å²) < 4.78 is 51.4. The lowest BCUT2D eigenvalue weighted by Gasteiger charge is -2.40. The van der Waals surface area contributed by atoms with Gasteiger partial charge in [0.2, 0.25) is 5.79 Å². The standard InChI is InChI=1S/C26H42N3.C21H30N2.C18H20Br2N.C15H12Br2O2.C15H14.C14H10Br2O2S.C14H10Br2S/c1-27(2,3)17-11-19-29(20-12-18-28(4,5)6)21-23-13-7-9-15-25(23)26-16-10-8-14-24(26)22-29;1-22(2,3)14-9-15-23(4)16-18-10-5-7-12-20(18)21-13-8-6-11-19(21)17-23;1-3-21(4-2)11-13-9-15(19)5-7-17(13)18-8-6-16(20)10-14(18)12-21;1-15(2)18-13-7-9(16)3-5-11(13)12-6-4-10(17)8-14(12)19-15;1-3-10-14-12(6-1)8-5-9-13-7-2-4-11-15(13)14;15-11-1-3-13-9(5-11)7-19(17,18)8-10-6-12(16)2-4-14(10)13;15-11-1-3-13-9(5-11)7-17-8-10-6-12(16)2-4-14(10)13/h7-10,13-16H,11-12,17-22H2,1-6H3;5-8,10-13H,9,14-17H2,1-4H3;5-10H,3-4,11-12H2,1-2H3;3-8H,1-2H3;1-4,6-7,10-11H,5,8-9H2;1-6H,7-8H2;1-6H,7-8H2/q+3;+2;+1;;;;. The highest BCUT2D eigenvalue weighted by Gasteiger charge is 2.38. The van der Waals surface area contributed by atoms with E-state index in [1.807, 2.05) is 98.4 Å². The summed E-state index contributed by atoms with van der Waals surface area (Å²) in [7, 11) is 20.0. The topological polar surface area (TPSA) is 52.6 Å². The average molecular weight is 2470 g/mol. The van der Waals surface area contributed by atoms with E-state index in [2.05, 4.69) is 430 Å². The largest absolute Gasteiger partial charge is 0.452 e. The Morgan fingerprint density at radius 3 is 0.860 bits per heavy atom. The van der Waals surface area contributed by atoms with Crippen LogP contribution in [0.3, 0.4) is 0 Å². The lowest BCUT2D eigenvalue weighted by atomic mass is 9.97. The number of benzene rings is 14. The van der Waals surface area contributed by atoms with Crippen LogP contribution in [0.25, 0.3) is 77.9 Å². The van der Waals surface area contributed by atoms with E-state index in [-0.39, 0.29) is 11.5 Å². The Morgan fingerprint density at radius 1 is 0.294 bits per heavy atom. The van der Waals surface area contributed by atoms with Crippen LogP contribution in [0.2, 0.25) is 0 Å². The van der Waals surface area contributed by atoms with Crippen LogP contribution < -0.4 is 9.47 Å². The number of halogens is 8. The van der Waals surface area contributed by atoms with Crippen LogP contribution in [0.4, 0.5) is 0 Å². The fourth-order valence-electron chi connectivity index (χ4n) is 21.2. The summed E-state index contributed by atoms with van der Waals surface area (Å²) in [5.74, 6) is 3.28. The van der Waals surface area contributed by atoms with Gasteiger partial charge in [0.25, 0.3) is 0 Å². The summed E-state index contributed by atoms with van der Waals surface area (Å²) in [5.41, 5.74) is 34.7. The molecule has 0 spiro atoms. The van der Waals surface area contributed by atoms with Crippen molar-refractivity contribution in [3.63, 3.8) is 0 Å². The van der Waals surface area contributed by atoms with Gasteiger partial charge in [-0.1, -0.05) is 309 Å². The predicted octanol–water partition coefficient (Wildman–Crippen LogP) is 33.2. The average Bonchev–Trinajstić information content (AvgIpc) is 1.62. The summed E-state index contributed by atoms with van der Waals surface area (Å²) in [6.07, 6.45) is 7.52. The zero-order chi connectivity index (χ0) is 102. The number of ether oxygens (including phenoxy) is 2. The molecule has 21 rings (SSSR count). The lowest BCUT2D eigenvalue weighted by molar-refractivity contribution is -0.960. The maximum Gasteiger partial charge on any atom is 0.245 e. The molecule has 1 aliphatic carbocycles. The van der Waals surface area contributed by atoms with Crippen molar-refractivity contribution in [2.45, 2.75) is 134 Å². The first-order valence-electron chi connectivity index (χ1n) is 50.0. The maximum atomic E-state index is 12.2. The van der Waals surface area contributed by atoms with Crippen LogP contribution in [0.1, 0.15) is 120 Å². The number of nitrogens with zero attached hydrogens (tertiary/aromatic N) is 6. The normalized spacial score (nSPS) is 15.6. The smallest absolute Gasteiger partial charge is 0.245 e. The lowest BCUT2D eigenvalue weighted by Crippen LogP contribution is -2.50. The maximum absolute atomic E-state index is 12.2. The number of thioether (sulfide) groups is 1. The highest BCUT2D eigenvalue weighted by atomic mass is 79.9. The molecule has 143 heavy (non-hydrogen) atoms. The van der Waals surface area contributed by atoms with Crippen LogP contribution in [-0.2, 0) is 85.0 Å². The second-order valence-electron chi connectivity index (χ2n) is 43.2. The number of sulfone groups is 1. The molecule has 0 unspecified atom stereocenters. The Hall–Kier alpha value is -7.42. The van der Waals surface area contributed by atoms with Crippen molar-refractivity contribution in [2.24, 2.45) is 0 Å². The van der Waals surface area contributed by atoms with Crippen molar-refractivity contribution in [1.82, 2.24) is 0 Å². The highest BCUT2D eigenvalue weighted by molar-refractivity contribution is 9.11. The van der Waals surface area contributed by atoms with Gasteiger partial charge in [0.1, 0.15) is 50.8 Å². The van der Waals surface area contributed by atoms with Crippen molar-refractivity contribution in [3.8, 4) is 89.4 Å². The zero-order valence-corrected chi connectivity index (χ0v) is 99.7. The number of rotatable bonds is 14. The summed E-state index contributed by atoms with van der Waals surface area (Å²) in [6, 6.07) is 104. The molecule has 0 saturated carbocycles. The molecule has 0 N–H and O–H groups in total. The first kappa shape index (κ1) is 110. The Balaban J connectivity index is 0.000000127. The zero-order valence-electron chi connectivity index (χ0n) is 85.3. The third-order valence-corrected chi connectivity index (χ3v) is 34.7. The summed E-state index contributed by atoms with van der Waals surface area (Å²) in [6.45, 7) is 25.0. The van der Waals surface area contributed by atoms with Crippen LogP contribution in [0, 0.1) is 0 Å². The van der Waals surface area contributed by atoms with Crippen molar-refractivity contribution in [1.29, 1.82) is 0 Å². The molecule has 14 aromatic carbocycles. The van der Waals surface area contributed by atoms with E-state index in [9.17, 15) is 8.42 Å². The van der Waals surface area contributed by atoms with E-state index in [0.29, 0.717) is 0 Å². The third kappa shape index (κ3) is 29.6. The van der Waals surface area contributed by atoms with Crippen molar-refractivity contribution in [2.75, 3.05) is 123 Å². The minimum Gasteiger partial charge on any atom is -0.452 e. The van der Waals surface area contributed by atoms with E-state index in [4.69, 9.17) is 9.47 Å². The van der Waals surface area contributed by atoms with Gasteiger partial charge in [-0.3, -0.25) is 0 Å². The molecule has 0 aromatic heterocycles. The van der Waals surface area contributed by atoms with Gasteiger partial charge >= 0.3 is 0 Å². The number of hydrogen-bond acceptors (Lipinski definition) is 5. The summed E-state index contributed by atoms with van der Waals surface area (Å²) in [5, 5.41) is 0. The Labute approximate surface area is 924 Å². The van der Waals surface area contributed by atoms with Gasteiger partial charge in [0, 0.05) is 125 Å². The number of aryl methyl sites for hydroxylation is 2. The molecule has 746 valence electrons. The van der Waals surface area contributed by atoms with Crippen molar-refractivity contribution < 1.29 is 44.8 Å². The van der Waals surface area contributed by atoms with Crippen LogP contribution in [-0.4, -0.2) is 164 Å². The molecule has 7 aliphatic rings. The van der Waals surface area contributed by atoms with E-state index < -0.39 is 15.6 Å². The van der Waals surface area contributed by atoms with Gasteiger partial charge in [0.15, 0.2) is 9.84 Å². The Bertz CT molecular complexity index is 6600. The molecule has 20 heteroatoms. The first-order valence-corrected chi connectivity index (χ1v) is 59.3.